The standard InChI is InChI=1S/C15H25N3O3/c16-10-15(4-1-5-15)8-13(19)18-6-7-21-9-12(18)14(20)17-11-2-3-11/h11-12H,1-10,16H2,(H,17,20). The van der Waals surface area contributed by atoms with Gasteiger partial charge in [0.25, 0.3) is 0 Å². The molecule has 3 N–H and O–H groups in total. The van der Waals surface area contributed by atoms with Crippen molar-refractivity contribution in [2.24, 2.45) is 11.1 Å². The molecule has 2 saturated carbocycles. The maximum absolute atomic E-state index is 12.6. The first-order valence-electron chi connectivity index (χ1n) is 8.01. The molecule has 21 heavy (non-hydrogen) atoms. The highest BCUT2D eigenvalue weighted by molar-refractivity contribution is 5.88. The fourth-order valence-electron chi connectivity index (χ4n) is 3.20. The fourth-order valence-corrected chi connectivity index (χ4v) is 3.20. The van der Waals surface area contributed by atoms with Gasteiger partial charge in [-0.25, -0.2) is 0 Å². The minimum Gasteiger partial charge on any atom is -0.377 e. The summed E-state index contributed by atoms with van der Waals surface area (Å²) in [5, 5.41) is 2.98. The summed E-state index contributed by atoms with van der Waals surface area (Å²) in [5.74, 6) is -0.0136. The van der Waals surface area contributed by atoms with Gasteiger partial charge >= 0.3 is 0 Å². The lowest BCUT2D eigenvalue weighted by atomic mass is 9.66. The molecule has 0 aromatic carbocycles. The van der Waals surface area contributed by atoms with E-state index >= 15 is 0 Å². The Morgan fingerprint density at radius 3 is 2.67 bits per heavy atom. The van der Waals surface area contributed by atoms with E-state index in [0.717, 1.165) is 32.1 Å². The number of carbonyl (C=O) groups is 2. The first-order valence-corrected chi connectivity index (χ1v) is 8.01. The summed E-state index contributed by atoms with van der Waals surface area (Å²) in [4.78, 5) is 26.6. The smallest absolute Gasteiger partial charge is 0.245 e. The SMILES string of the molecule is NCC1(CC(=O)N2CCOCC2C(=O)NC2CC2)CCC1. The molecule has 1 aliphatic heterocycles. The predicted octanol–water partition coefficient (Wildman–Crippen LogP) is 0.0115. The summed E-state index contributed by atoms with van der Waals surface area (Å²) >= 11 is 0. The Kier molecular flexibility index (Phi) is 4.17. The van der Waals surface area contributed by atoms with E-state index < -0.39 is 6.04 Å². The number of ether oxygens (including phenoxy) is 1. The molecule has 3 aliphatic rings. The van der Waals surface area contributed by atoms with E-state index in [4.69, 9.17) is 10.5 Å². The summed E-state index contributed by atoms with van der Waals surface area (Å²) in [6.07, 6.45) is 5.76. The maximum atomic E-state index is 12.6. The van der Waals surface area contributed by atoms with E-state index in [1.807, 2.05) is 0 Å². The Hall–Kier alpha value is -1.14. The summed E-state index contributed by atoms with van der Waals surface area (Å²) in [7, 11) is 0. The number of amides is 2. The average molecular weight is 295 g/mol. The molecule has 6 nitrogen and oxygen atoms in total. The van der Waals surface area contributed by atoms with Crippen LogP contribution < -0.4 is 11.1 Å². The van der Waals surface area contributed by atoms with Crippen LogP contribution in [0.15, 0.2) is 0 Å². The third kappa shape index (κ3) is 3.21. The van der Waals surface area contributed by atoms with Gasteiger partial charge in [-0.3, -0.25) is 9.59 Å². The quantitative estimate of drug-likeness (QED) is 0.748. The molecule has 1 heterocycles. The number of carbonyl (C=O) groups excluding carboxylic acids is 2. The number of morpholine rings is 1. The Morgan fingerprint density at radius 1 is 1.33 bits per heavy atom. The van der Waals surface area contributed by atoms with Gasteiger partial charge in [-0.2, -0.15) is 0 Å². The fraction of sp³-hybridized carbons (Fsp3) is 0.867. The zero-order valence-electron chi connectivity index (χ0n) is 12.5. The van der Waals surface area contributed by atoms with Crippen LogP contribution in [0.25, 0.3) is 0 Å². The van der Waals surface area contributed by atoms with Gasteiger partial charge in [-0.1, -0.05) is 6.42 Å². The van der Waals surface area contributed by atoms with Crippen LogP contribution in [0, 0.1) is 5.41 Å². The second-order valence-electron chi connectivity index (χ2n) is 6.70. The highest BCUT2D eigenvalue weighted by Crippen LogP contribution is 2.43. The maximum Gasteiger partial charge on any atom is 0.245 e. The van der Waals surface area contributed by atoms with Crippen molar-refractivity contribution < 1.29 is 14.3 Å². The molecule has 1 saturated heterocycles. The van der Waals surface area contributed by atoms with Gasteiger partial charge in [0.1, 0.15) is 6.04 Å². The van der Waals surface area contributed by atoms with Crippen molar-refractivity contribution in [3.8, 4) is 0 Å². The van der Waals surface area contributed by atoms with Gasteiger partial charge in [0.05, 0.1) is 13.2 Å². The Morgan fingerprint density at radius 2 is 2.10 bits per heavy atom. The molecule has 0 aromatic rings. The first-order chi connectivity index (χ1) is 10.1. The van der Waals surface area contributed by atoms with Crippen LogP contribution in [0.1, 0.15) is 38.5 Å². The molecular formula is C15H25N3O3. The number of nitrogens with zero attached hydrogens (tertiary/aromatic N) is 1. The molecule has 118 valence electrons. The molecule has 0 bridgehead atoms. The highest BCUT2D eigenvalue weighted by atomic mass is 16.5. The van der Waals surface area contributed by atoms with Crippen molar-refractivity contribution in [3.63, 3.8) is 0 Å². The molecule has 1 atom stereocenters. The Bertz CT molecular complexity index is 413. The van der Waals surface area contributed by atoms with Gasteiger partial charge in [0.15, 0.2) is 0 Å². The van der Waals surface area contributed by atoms with Crippen LogP contribution in [-0.2, 0) is 14.3 Å². The lowest BCUT2D eigenvalue weighted by molar-refractivity contribution is -0.151. The first kappa shape index (κ1) is 14.8. The van der Waals surface area contributed by atoms with Crippen molar-refractivity contribution in [3.05, 3.63) is 0 Å². The van der Waals surface area contributed by atoms with E-state index in [2.05, 4.69) is 5.32 Å². The van der Waals surface area contributed by atoms with E-state index in [-0.39, 0.29) is 17.2 Å². The van der Waals surface area contributed by atoms with Gasteiger partial charge in [0.2, 0.25) is 11.8 Å². The van der Waals surface area contributed by atoms with Gasteiger partial charge in [-0.15, -0.1) is 0 Å². The number of hydrogen-bond donors (Lipinski definition) is 2. The summed E-state index contributed by atoms with van der Waals surface area (Å²) in [5.41, 5.74) is 5.82. The lowest BCUT2D eigenvalue weighted by Gasteiger charge is -2.43. The molecule has 0 radical (unpaired) electrons. The zero-order valence-corrected chi connectivity index (χ0v) is 12.5. The van der Waals surface area contributed by atoms with Crippen molar-refractivity contribution >= 4 is 11.8 Å². The normalized spacial score (nSPS) is 27.9. The van der Waals surface area contributed by atoms with Crippen LogP contribution in [0.5, 0.6) is 0 Å². The average Bonchev–Trinajstić information content (AvgIpc) is 3.26. The molecule has 2 amide bonds. The largest absolute Gasteiger partial charge is 0.377 e. The molecule has 0 aromatic heterocycles. The molecule has 6 heteroatoms. The Labute approximate surface area is 125 Å². The second-order valence-corrected chi connectivity index (χ2v) is 6.70. The van der Waals surface area contributed by atoms with Crippen LogP contribution in [0.3, 0.4) is 0 Å². The van der Waals surface area contributed by atoms with E-state index in [9.17, 15) is 9.59 Å². The van der Waals surface area contributed by atoms with Crippen LogP contribution in [0.4, 0.5) is 0 Å². The van der Waals surface area contributed by atoms with Crippen LogP contribution >= 0.6 is 0 Å². The van der Waals surface area contributed by atoms with E-state index in [0.29, 0.717) is 38.8 Å². The summed E-state index contributed by atoms with van der Waals surface area (Å²) in [6.45, 7) is 1.87. The topological polar surface area (TPSA) is 84.7 Å². The number of nitrogens with one attached hydrogen (secondary N) is 1. The minimum atomic E-state index is -0.471. The van der Waals surface area contributed by atoms with Crippen LogP contribution in [-0.4, -0.2) is 55.1 Å². The number of hydrogen-bond acceptors (Lipinski definition) is 4. The van der Waals surface area contributed by atoms with E-state index in [1.165, 1.54) is 0 Å². The third-order valence-electron chi connectivity index (χ3n) is 5.05. The molecule has 0 spiro atoms. The van der Waals surface area contributed by atoms with Gasteiger partial charge < -0.3 is 20.7 Å². The van der Waals surface area contributed by atoms with Gasteiger partial charge in [0, 0.05) is 19.0 Å². The van der Waals surface area contributed by atoms with Crippen molar-refractivity contribution in [2.45, 2.75) is 50.6 Å². The number of nitrogens with two attached hydrogens (primary N) is 1. The molecule has 3 fully saturated rings. The summed E-state index contributed by atoms with van der Waals surface area (Å²) < 4.78 is 5.40. The Balaban J connectivity index is 1.62. The molecule has 2 aliphatic carbocycles. The summed E-state index contributed by atoms with van der Waals surface area (Å²) in [6, 6.07) is -0.167. The zero-order chi connectivity index (χ0) is 14.9. The lowest BCUT2D eigenvalue weighted by Crippen LogP contribution is -2.57. The third-order valence-corrected chi connectivity index (χ3v) is 5.05. The number of rotatable bonds is 5. The van der Waals surface area contributed by atoms with E-state index in [1.54, 1.807) is 4.90 Å². The molecular weight excluding hydrogens is 270 g/mol. The molecule has 3 rings (SSSR count). The van der Waals surface area contributed by atoms with Crippen molar-refractivity contribution in [1.29, 1.82) is 0 Å². The second kappa shape index (κ2) is 5.93. The highest BCUT2D eigenvalue weighted by Gasteiger charge is 2.41. The van der Waals surface area contributed by atoms with Crippen molar-refractivity contribution in [1.82, 2.24) is 10.2 Å². The van der Waals surface area contributed by atoms with Gasteiger partial charge in [-0.05, 0) is 37.6 Å². The van der Waals surface area contributed by atoms with Crippen molar-refractivity contribution in [2.75, 3.05) is 26.3 Å². The monoisotopic (exact) mass is 295 g/mol. The molecule has 1 unspecified atom stereocenters. The van der Waals surface area contributed by atoms with Crippen LogP contribution in [0.2, 0.25) is 0 Å². The minimum absolute atomic E-state index is 0.0209. The predicted molar refractivity (Wildman–Crippen MR) is 77.4 cm³/mol.